The molecule has 21 heavy (non-hydrogen) atoms. The van der Waals surface area contributed by atoms with Crippen molar-refractivity contribution in [1.82, 2.24) is 5.16 Å². The summed E-state index contributed by atoms with van der Waals surface area (Å²) in [6.07, 6.45) is 3.33. The Balaban J connectivity index is 1.72. The van der Waals surface area contributed by atoms with Gasteiger partial charge in [-0.2, -0.15) is 0 Å². The molecule has 4 heteroatoms. The molecule has 1 saturated carbocycles. The van der Waals surface area contributed by atoms with Crippen LogP contribution in [0.5, 0.6) is 5.75 Å². The predicted octanol–water partition coefficient (Wildman–Crippen LogP) is 3.91. The van der Waals surface area contributed by atoms with Gasteiger partial charge in [0.1, 0.15) is 17.1 Å². The predicted molar refractivity (Wildman–Crippen MR) is 83.0 cm³/mol. The van der Waals surface area contributed by atoms with Gasteiger partial charge < -0.3 is 14.6 Å². The van der Waals surface area contributed by atoms with E-state index < -0.39 is 0 Å². The van der Waals surface area contributed by atoms with E-state index in [1.165, 1.54) is 18.4 Å². The summed E-state index contributed by atoms with van der Waals surface area (Å²) in [4.78, 5) is 0. The maximum absolute atomic E-state index is 5.48. The number of nitrogens with zero attached hydrogens (tertiary/aromatic N) is 1. The van der Waals surface area contributed by atoms with Crippen molar-refractivity contribution in [2.75, 3.05) is 12.4 Å². The number of aromatic nitrogens is 1. The van der Waals surface area contributed by atoms with Crippen LogP contribution in [0.1, 0.15) is 42.7 Å². The molecule has 0 saturated heterocycles. The number of hydrogen-bond acceptors (Lipinski definition) is 4. The number of benzene rings is 1. The first-order valence-corrected chi connectivity index (χ1v) is 7.53. The van der Waals surface area contributed by atoms with E-state index in [1.807, 2.05) is 25.1 Å². The van der Waals surface area contributed by atoms with Crippen LogP contribution in [-0.2, 0) is 6.42 Å². The molecule has 0 unspecified atom stereocenters. The highest BCUT2D eigenvalue weighted by Gasteiger charge is 2.32. The van der Waals surface area contributed by atoms with Gasteiger partial charge >= 0.3 is 0 Å². The third-order valence-corrected chi connectivity index (χ3v) is 3.95. The number of anilines is 1. The summed E-state index contributed by atoms with van der Waals surface area (Å²) in [5, 5.41) is 7.68. The van der Waals surface area contributed by atoms with Crippen LogP contribution in [0, 0.1) is 6.92 Å². The highest BCUT2D eigenvalue weighted by Crippen LogP contribution is 2.44. The van der Waals surface area contributed by atoms with Gasteiger partial charge in [0, 0.05) is 12.0 Å². The minimum atomic E-state index is 0.289. The van der Waals surface area contributed by atoms with Gasteiger partial charge in [-0.25, -0.2) is 0 Å². The SMILES string of the molecule is COc1ccccc1C[C@@H](C)Nc1c(C)noc1C1CC1. The number of para-hydroxylation sites is 1. The molecule has 0 aliphatic heterocycles. The molecule has 0 bridgehead atoms. The van der Waals surface area contributed by atoms with Crippen molar-refractivity contribution in [1.29, 1.82) is 0 Å². The van der Waals surface area contributed by atoms with E-state index in [-0.39, 0.29) is 6.04 Å². The third kappa shape index (κ3) is 3.04. The number of ether oxygens (including phenoxy) is 1. The molecule has 1 aliphatic carbocycles. The maximum atomic E-state index is 5.48. The Morgan fingerprint density at radius 1 is 1.38 bits per heavy atom. The van der Waals surface area contributed by atoms with Crippen LogP contribution in [0.2, 0.25) is 0 Å². The van der Waals surface area contributed by atoms with Crippen LogP contribution in [0.25, 0.3) is 0 Å². The van der Waals surface area contributed by atoms with Gasteiger partial charge in [-0.3, -0.25) is 0 Å². The second-order valence-corrected chi connectivity index (χ2v) is 5.84. The normalized spacial score (nSPS) is 15.8. The van der Waals surface area contributed by atoms with E-state index in [9.17, 15) is 0 Å². The van der Waals surface area contributed by atoms with Gasteiger partial charge in [0.15, 0.2) is 5.76 Å². The van der Waals surface area contributed by atoms with Crippen LogP contribution in [0.15, 0.2) is 28.8 Å². The lowest BCUT2D eigenvalue weighted by molar-refractivity contribution is 0.381. The van der Waals surface area contributed by atoms with Crippen LogP contribution < -0.4 is 10.1 Å². The van der Waals surface area contributed by atoms with Crippen molar-refractivity contribution in [3.63, 3.8) is 0 Å². The minimum absolute atomic E-state index is 0.289. The standard InChI is InChI=1S/C17H22N2O2/c1-11(10-14-6-4-5-7-15(14)20-3)18-16-12(2)19-21-17(16)13-8-9-13/h4-7,11,13,18H,8-10H2,1-3H3/t11-/m1/s1. The van der Waals surface area contributed by atoms with Gasteiger partial charge in [0.05, 0.1) is 7.11 Å². The summed E-state index contributed by atoms with van der Waals surface area (Å²) in [7, 11) is 1.71. The number of rotatable bonds is 6. The summed E-state index contributed by atoms with van der Waals surface area (Å²) < 4.78 is 10.9. The minimum Gasteiger partial charge on any atom is -0.496 e. The fourth-order valence-corrected chi connectivity index (χ4v) is 2.69. The molecule has 1 heterocycles. The lowest BCUT2D eigenvalue weighted by Crippen LogP contribution is -2.19. The third-order valence-electron chi connectivity index (χ3n) is 3.95. The molecule has 4 nitrogen and oxygen atoms in total. The maximum Gasteiger partial charge on any atom is 0.163 e. The Morgan fingerprint density at radius 3 is 2.86 bits per heavy atom. The van der Waals surface area contributed by atoms with Crippen LogP contribution >= 0.6 is 0 Å². The molecule has 0 radical (unpaired) electrons. The lowest BCUT2D eigenvalue weighted by atomic mass is 10.1. The topological polar surface area (TPSA) is 47.3 Å². The zero-order valence-electron chi connectivity index (χ0n) is 12.8. The average Bonchev–Trinajstić information content (AvgIpc) is 3.26. The van der Waals surface area contributed by atoms with Crippen molar-refractivity contribution in [2.45, 2.75) is 45.1 Å². The first kappa shape index (κ1) is 14.0. The van der Waals surface area contributed by atoms with Crippen molar-refractivity contribution in [2.24, 2.45) is 0 Å². The number of nitrogens with one attached hydrogen (secondary N) is 1. The van der Waals surface area contributed by atoms with Crippen LogP contribution in [0.4, 0.5) is 5.69 Å². The second-order valence-electron chi connectivity index (χ2n) is 5.84. The fraction of sp³-hybridized carbons (Fsp3) is 0.471. The number of methoxy groups -OCH3 is 1. The number of hydrogen-bond donors (Lipinski definition) is 1. The van der Waals surface area contributed by atoms with Gasteiger partial charge in [0.2, 0.25) is 0 Å². The molecule has 1 aromatic heterocycles. The van der Waals surface area contributed by atoms with E-state index in [1.54, 1.807) is 7.11 Å². The second kappa shape index (κ2) is 5.80. The smallest absolute Gasteiger partial charge is 0.163 e. The Bertz CT molecular complexity index is 617. The lowest BCUT2D eigenvalue weighted by Gasteiger charge is -2.17. The molecule has 1 aliphatic rings. The Hall–Kier alpha value is -1.97. The molecule has 1 atom stereocenters. The zero-order chi connectivity index (χ0) is 14.8. The largest absolute Gasteiger partial charge is 0.496 e. The fourth-order valence-electron chi connectivity index (χ4n) is 2.69. The summed E-state index contributed by atoms with van der Waals surface area (Å²) in [6.45, 7) is 4.17. The van der Waals surface area contributed by atoms with Crippen molar-refractivity contribution in [3.05, 3.63) is 41.3 Å². The molecule has 1 N–H and O–H groups in total. The Kier molecular flexibility index (Phi) is 3.86. The highest BCUT2D eigenvalue weighted by atomic mass is 16.5. The molecule has 1 fully saturated rings. The average molecular weight is 286 g/mol. The molecule has 1 aromatic carbocycles. The summed E-state index contributed by atoms with van der Waals surface area (Å²) in [5.41, 5.74) is 3.24. The first-order valence-electron chi connectivity index (χ1n) is 7.53. The van der Waals surface area contributed by atoms with Gasteiger partial charge in [0.25, 0.3) is 0 Å². The molecular formula is C17H22N2O2. The van der Waals surface area contributed by atoms with Crippen LogP contribution in [-0.4, -0.2) is 18.3 Å². The van der Waals surface area contributed by atoms with Gasteiger partial charge in [-0.15, -0.1) is 0 Å². The Morgan fingerprint density at radius 2 is 2.14 bits per heavy atom. The first-order chi connectivity index (χ1) is 10.2. The molecule has 0 amide bonds. The molecule has 0 spiro atoms. The van der Waals surface area contributed by atoms with Crippen LogP contribution in [0.3, 0.4) is 0 Å². The molecular weight excluding hydrogens is 264 g/mol. The molecule has 2 aromatic rings. The van der Waals surface area contributed by atoms with Crippen molar-refractivity contribution < 1.29 is 9.26 Å². The summed E-state index contributed by atoms with van der Waals surface area (Å²) in [5.74, 6) is 2.53. The molecule has 112 valence electrons. The van der Waals surface area contributed by atoms with Crippen molar-refractivity contribution >= 4 is 5.69 Å². The van der Waals surface area contributed by atoms with Crippen molar-refractivity contribution in [3.8, 4) is 5.75 Å². The van der Waals surface area contributed by atoms with Gasteiger partial charge in [-0.05, 0) is 44.7 Å². The monoisotopic (exact) mass is 286 g/mol. The van der Waals surface area contributed by atoms with E-state index in [2.05, 4.69) is 23.5 Å². The summed E-state index contributed by atoms with van der Waals surface area (Å²) >= 11 is 0. The Labute approximate surface area is 125 Å². The van der Waals surface area contributed by atoms with E-state index in [4.69, 9.17) is 9.26 Å². The summed E-state index contributed by atoms with van der Waals surface area (Å²) in [6, 6.07) is 8.44. The highest BCUT2D eigenvalue weighted by molar-refractivity contribution is 5.54. The number of aryl methyl sites for hydroxylation is 1. The van der Waals surface area contributed by atoms with E-state index >= 15 is 0 Å². The molecule has 3 rings (SSSR count). The quantitative estimate of drug-likeness (QED) is 0.874. The van der Waals surface area contributed by atoms with Gasteiger partial charge in [-0.1, -0.05) is 23.4 Å². The van der Waals surface area contributed by atoms with E-state index in [0.717, 1.165) is 29.3 Å². The van der Waals surface area contributed by atoms with E-state index in [0.29, 0.717) is 5.92 Å². The zero-order valence-corrected chi connectivity index (χ0v) is 12.8.